The zero-order valence-corrected chi connectivity index (χ0v) is 13.0. The lowest BCUT2D eigenvalue weighted by Gasteiger charge is -2.05. The molecule has 0 aliphatic heterocycles. The summed E-state index contributed by atoms with van der Waals surface area (Å²) in [4.78, 5) is 14.9. The largest absolute Gasteiger partial charge is 0.485 e. The van der Waals surface area contributed by atoms with Crippen LogP contribution in [0.15, 0.2) is 53.1 Å². The Labute approximate surface area is 141 Å². The Hall–Kier alpha value is -2.90. The number of carbonyl (C=O) groups excluding carboxylic acids is 1. The fourth-order valence-electron chi connectivity index (χ4n) is 1.99. The van der Waals surface area contributed by atoms with E-state index in [9.17, 15) is 4.79 Å². The molecule has 0 aliphatic rings. The number of aromatic nitrogens is 2. The van der Waals surface area contributed by atoms with Crippen molar-refractivity contribution in [2.45, 2.75) is 6.61 Å². The average molecular weight is 346 g/mol. The van der Waals surface area contributed by atoms with Gasteiger partial charge in [0.05, 0.1) is 0 Å². The molecule has 2 aromatic carbocycles. The van der Waals surface area contributed by atoms with E-state index in [-0.39, 0.29) is 18.3 Å². The van der Waals surface area contributed by atoms with E-state index in [1.54, 1.807) is 0 Å². The molecule has 3 rings (SSSR count). The maximum atomic E-state index is 11.1. The molecule has 3 aromatic rings. The fourth-order valence-corrected chi connectivity index (χ4v) is 2.11. The number of hydroxylamine groups is 1. The third kappa shape index (κ3) is 3.70. The van der Waals surface area contributed by atoms with Crippen LogP contribution in [0, 0.1) is 0 Å². The molecule has 1 aromatic heterocycles. The summed E-state index contributed by atoms with van der Waals surface area (Å²) in [6, 6.07) is 15.0. The lowest BCUT2D eigenvalue weighted by atomic mass is 10.1. The minimum absolute atomic E-state index is 0.0303. The summed E-state index contributed by atoms with van der Waals surface area (Å²) in [7, 11) is 0. The minimum Gasteiger partial charge on any atom is -0.485 e. The van der Waals surface area contributed by atoms with Gasteiger partial charge < -0.3 is 9.26 Å². The van der Waals surface area contributed by atoms with E-state index in [2.05, 4.69) is 14.7 Å². The third-order valence-corrected chi connectivity index (χ3v) is 3.42. The van der Waals surface area contributed by atoms with E-state index < -0.39 is 5.91 Å². The van der Waals surface area contributed by atoms with Crippen LogP contribution < -0.4 is 10.2 Å². The van der Waals surface area contributed by atoms with Gasteiger partial charge in [-0.25, -0.2) is 5.48 Å². The molecule has 0 radical (unpaired) electrons. The summed E-state index contributed by atoms with van der Waals surface area (Å²) in [5.74, 6) is -0.406. The first-order chi connectivity index (χ1) is 11.7. The van der Waals surface area contributed by atoms with Crippen molar-refractivity contribution in [2.75, 3.05) is 0 Å². The number of nitrogens with one attached hydrogen (secondary N) is 1. The van der Waals surface area contributed by atoms with Gasteiger partial charge in [-0.2, -0.15) is 4.98 Å². The molecular formula is C16H12ClN3O4. The van der Waals surface area contributed by atoms with Gasteiger partial charge in [-0.3, -0.25) is 10.0 Å². The SMILES string of the molecule is O=C(NO)c1nc(COc2ccc(-c3ccc(Cl)cc3)cc2)no1. The van der Waals surface area contributed by atoms with Crippen molar-refractivity contribution in [2.24, 2.45) is 0 Å². The first-order valence-corrected chi connectivity index (χ1v) is 7.29. The molecule has 0 spiro atoms. The van der Waals surface area contributed by atoms with Crippen molar-refractivity contribution >= 4 is 17.5 Å². The summed E-state index contributed by atoms with van der Waals surface area (Å²) in [6.07, 6.45) is 0. The van der Waals surface area contributed by atoms with Gasteiger partial charge in [0.1, 0.15) is 5.75 Å². The molecule has 24 heavy (non-hydrogen) atoms. The van der Waals surface area contributed by atoms with Crippen LogP contribution >= 0.6 is 11.6 Å². The van der Waals surface area contributed by atoms with Gasteiger partial charge in [0.25, 0.3) is 0 Å². The molecule has 2 N–H and O–H groups in total. The second-order valence-corrected chi connectivity index (χ2v) is 5.21. The Morgan fingerprint density at radius 1 is 1.12 bits per heavy atom. The fraction of sp³-hybridized carbons (Fsp3) is 0.0625. The van der Waals surface area contributed by atoms with Crippen LogP contribution in [0.3, 0.4) is 0 Å². The van der Waals surface area contributed by atoms with E-state index in [4.69, 9.17) is 21.5 Å². The van der Waals surface area contributed by atoms with E-state index in [1.165, 1.54) is 5.48 Å². The predicted octanol–water partition coefficient (Wildman–Crippen LogP) is 3.09. The Morgan fingerprint density at radius 3 is 2.38 bits per heavy atom. The van der Waals surface area contributed by atoms with Crippen LogP contribution in [0.1, 0.15) is 16.5 Å². The molecule has 0 bridgehead atoms. The Bertz CT molecular complexity index is 831. The number of benzene rings is 2. The number of rotatable bonds is 5. The topological polar surface area (TPSA) is 97.5 Å². The smallest absolute Gasteiger partial charge is 0.333 e. The van der Waals surface area contributed by atoms with Crippen molar-refractivity contribution in [1.82, 2.24) is 15.6 Å². The van der Waals surface area contributed by atoms with Crippen LogP contribution in [0.4, 0.5) is 0 Å². The van der Waals surface area contributed by atoms with E-state index in [0.29, 0.717) is 10.8 Å². The lowest BCUT2D eigenvalue weighted by Crippen LogP contribution is -2.18. The number of halogens is 1. The van der Waals surface area contributed by atoms with Crippen LogP contribution in [-0.2, 0) is 6.61 Å². The molecule has 122 valence electrons. The Kier molecular flexibility index (Phi) is 4.74. The van der Waals surface area contributed by atoms with Gasteiger partial charge in [-0.05, 0) is 35.4 Å². The number of carbonyl (C=O) groups is 1. The van der Waals surface area contributed by atoms with Gasteiger partial charge in [-0.1, -0.05) is 41.0 Å². The van der Waals surface area contributed by atoms with E-state index >= 15 is 0 Å². The number of nitrogens with zero attached hydrogens (tertiary/aromatic N) is 2. The number of amides is 1. The maximum absolute atomic E-state index is 11.1. The average Bonchev–Trinajstić information content (AvgIpc) is 3.09. The standard InChI is InChI=1S/C16H12ClN3O4/c17-12-5-1-10(2-6-12)11-3-7-13(8-4-11)23-9-14-18-16(24-20-14)15(21)19-22/h1-8,22H,9H2,(H,19,21). The summed E-state index contributed by atoms with van der Waals surface area (Å²) in [5, 5.41) is 12.7. The molecule has 0 atom stereocenters. The van der Waals surface area contributed by atoms with Crippen molar-refractivity contribution in [1.29, 1.82) is 0 Å². The monoisotopic (exact) mass is 345 g/mol. The molecule has 0 saturated carbocycles. The maximum Gasteiger partial charge on any atom is 0.333 e. The number of hydrogen-bond donors (Lipinski definition) is 2. The van der Waals surface area contributed by atoms with Gasteiger partial charge in [0, 0.05) is 5.02 Å². The Balaban J connectivity index is 1.63. The first-order valence-electron chi connectivity index (χ1n) is 6.91. The molecule has 1 amide bonds. The lowest BCUT2D eigenvalue weighted by molar-refractivity contribution is 0.0659. The molecule has 7 nitrogen and oxygen atoms in total. The van der Waals surface area contributed by atoms with Crippen LogP contribution in [-0.4, -0.2) is 21.3 Å². The van der Waals surface area contributed by atoms with Gasteiger partial charge in [0.2, 0.25) is 5.82 Å². The quantitative estimate of drug-likeness (QED) is 0.544. The third-order valence-electron chi connectivity index (χ3n) is 3.16. The molecule has 0 aliphatic carbocycles. The highest BCUT2D eigenvalue weighted by atomic mass is 35.5. The van der Waals surface area contributed by atoms with Crippen LogP contribution in [0.5, 0.6) is 5.75 Å². The van der Waals surface area contributed by atoms with Gasteiger partial charge in [-0.15, -0.1) is 0 Å². The van der Waals surface area contributed by atoms with Gasteiger partial charge in [0.15, 0.2) is 6.61 Å². The summed E-state index contributed by atoms with van der Waals surface area (Å²) < 4.78 is 10.2. The highest BCUT2D eigenvalue weighted by Crippen LogP contribution is 2.24. The van der Waals surface area contributed by atoms with E-state index in [0.717, 1.165) is 11.1 Å². The summed E-state index contributed by atoms with van der Waals surface area (Å²) >= 11 is 5.88. The summed E-state index contributed by atoms with van der Waals surface area (Å²) in [6.45, 7) is 0.0303. The van der Waals surface area contributed by atoms with Crippen LogP contribution in [0.25, 0.3) is 11.1 Å². The molecular weight excluding hydrogens is 334 g/mol. The zero-order valence-electron chi connectivity index (χ0n) is 12.3. The van der Waals surface area contributed by atoms with Gasteiger partial charge >= 0.3 is 11.8 Å². The molecule has 0 unspecified atom stereocenters. The number of ether oxygens (including phenoxy) is 1. The number of hydrogen-bond acceptors (Lipinski definition) is 6. The zero-order chi connectivity index (χ0) is 16.9. The molecule has 8 heteroatoms. The molecule has 1 heterocycles. The van der Waals surface area contributed by atoms with Crippen LogP contribution in [0.2, 0.25) is 5.02 Å². The molecule has 0 saturated heterocycles. The minimum atomic E-state index is -0.874. The van der Waals surface area contributed by atoms with Crippen molar-refractivity contribution in [3.8, 4) is 16.9 Å². The van der Waals surface area contributed by atoms with Crippen molar-refractivity contribution < 1.29 is 19.3 Å². The first kappa shape index (κ1) is 16.0. The normalized spacial score (nSPS) is 10.4. The second-order valence-electron chi connectivity index (χ2n) is 4.78. The highest BCUT2D eigenvalue weighted by Gasteiger charge is 2.14. The van der Waals surface area contributed by atoms with Crippen molar-refractivity contribution in [3.63, 3.8) is 0 Å². The summed E-state index contributed by atoms with van der Waals surface area (Å²) in [5.41, 5.74) is 3.48. The van der Waals surface area contributed by atoms with Crippen molar-refractivity contribution in [3.05, 3.63) is 65.3 Å². The Morgan fingerprint density at radius 2 is 1.75 bits per heavy atom. The highest BCUT2D eigenvalue weighted by molar-refractivity contribution is 6.30. The van der Waals surface area contributed by atoms with E-state index in [1.807, 2.05) is 48.5 Å². The molecule has 0 fully saturated rings. The predicted molar refractivity (Wildman–Crippen MR) is 84.8 cm³/mol. The second kappa shape index (κ2) is 7.12.